The van der Waals surface area contributed by atoms with Crippen LogP contribution >= 0.6 is 11.6 Å². The van der Waals surface area contributed by atoms with Crippen molar-refractivity contribution in [3.05, 3.63) is 68.7 Å². The molecule has 6 nitrogen and oxygen atoms in total. The number of rotatable bonds is 7. The number of nitrogens with zero attached hydrogens (tertiary/aromatic N) is 1. The number of carbonyl (C=O) groups excluding carboxylic acids is 1. The standard InChI is InChI=1S/C19H16ClF3N2O4/c1-2-9-29-17-7-3-12(10-16(17)25(27)28)4-8-18(26)24-15-11-13(19(21,22)23)5-6-14(15)20/h3-8,10-11H,2,9H2,1H3,(H,24,26)/b8-4+. The third-order valence-corrected chi connectivity index (χ3v) is 3.95. The van der Waals surface area contributed by atoms with Crippen LogP contribution in [0.2, 0.25) is 5.02 Å². The summed E-state index contributed by atoms with van der Waals surface area (Å²) in [4.78, 5) is 22.6. The van der Waals surface area contributed by atoms with Gasteiger partial charge in [0.2, 0.25) is 5.91 Å². The van der Waals surface area contributed by atoms with E-state index in [0.717, 1.165) is 24.3 Å². The van der Waals surface area contributed by atoms with E-state index in [4.69, 9.17) is 16.3 Å². The highest BCUT2D eigenvalue weighted by atomic mass is 35.5. The second-order valence-corrected chi connectivity index (χ2v) is 6.25. The Balaban J connectivity index is 2.17. The Morgan fingerprint density at radius 1 is 1.28 bits per heavy atom. The minimum atomic E-state index is -4.58. The maximum absolute atomic E-state index is 12.8. The van der Waals surface area contributed by atoms with Crippen LogP contribution in [0.4, 0.5) is 24.5 Å². The molecule has 0 aliphatic rings. The molecule has 29 heavy (non-hydrogen) atoms. The molecule has 1 N–H and O–H groups in total. The number of nitro groups is 1. The van der Waals surface area contributed by atoms with Crippen molar-refractivity contribution in [2.75, 3.05) is 11.9 Å². The first-order valence-corrected chi connectivity index (χ1v) is 8.76. The smallest absolute Gasteiger partial charge is 0.416 e. The van der Waals surface area contributed by atoms with Gasteiger partial charge in [0.1, 0.15) is 0 Å². The fraction of sp³-hybridized carbons (Fsp3) is 0.211. The van der Waals surface area contributed by atoms with E-state index >= 15 is 0 Å². The van der Waals surface area contributed by atoms with E-state index in [1.165, 1.54) is 24.3 Å². The molecule has 0 fully saturated rings. The summed E-state index contributed by atoms with van der Waals surface area (Å²) in [5.41, 5.74) is -1.09. The molecule has 154 valence electrons. The molecule has 2 rings (SSSR count). The molecule has 2 aromatic rings. The second-order valence-electron chi connectivity index (χ2n) is 5.85. The maximum atomic E-state index is 12.8. The van der Waals surface area contributed by atoms with Gasteiger partial charge in [-0.05, 0) is 42.3 Å². The van der Waals surface area contributed by atoms with Crippen LogP contribution in [-0.4, -0.2) is 17.4 Å². The van der Waals surface area contributed by atoms with Crippen LogP contribution in [0.3, 0.4) is 0 Å². The van der Waals surface area contributed by atoms with E-state index in [0.29, 0.717) is 18.6 Å². The molecule has 0 radical (unpaired) electrons. The van der Waals surface area contributed by atoms with Crippen LogP contribution in [-0.2, 0) is 11.0 Å². The molecule has 0 unspecified atom stereocenters. The van der Waals surface area contributed by atoms with Gasteiger partial charge in [-0.15, -0.1) is 0 Å². The number of benzene rings is 2. The first-order valence-electron chi connectivity index (χ1n) is 8.39. The van der Waals surface area contributed by atoms with Gasteiger partial charge in [-0.1, -0.05) is 24.6 Å². The van der Waals surface area contributed by atoms with E-state index in [2.05, 4.69) is 5.32 Å². The maximum Gasteiger partial charge on any atom is 0.416 e. The number of nitro benzene ring substituents is 1. The lowest BCUT2D eigenvalue weighted by Crippen LogP contribution is -2.11. The van der Waals surface area contributed by atoms with Crippen molar-refractivity contribution in [3.8, 4) is 5.75 Å². The highest BCUT2D eigenvalue weighted by Crippen LogP contribution is 2.34. The molecule has 0 saturated carbocycles. The van der Waals surface area contributed by atoms with Gasteiger partial charge in [-0.3, -0.25) is 14.9 Å². The number of alkyl halides is 3. The Kier molecular flexibility index (Phi) is 7.22. The van der Waals surface area contributed by atoms with Gasteiger partial charge in [0, 0.05) is 12.1 Å². The number of nitrogens with one attached hydrogen (secondary N) is 1. The first kappa shape index (κ1) is 22.2. The van der Waals surface area contributed by atoms with Crippen molar-refractivity contribution in [1.29, 1.82) is 0 Å². The number of carbonyl (C=O) groups is 1. The Morgan fingerprint density at radius 3 is 2.62 bits per heavy atom. The summed E-state index contributed by atoms with van der Waals surface area (Å²) in [6.45, 7) is 2.17. The van der Waals surface area contributed by atoms with Crippen molar-refractivity contribution in [3.63, 3.8) is 0 Å². The van der Waals surface area contributed by atoms with Gasteiger partial charge in [-0.2, -0.15) is 13.2 Å². The Morgan fingerprint density at radius 2 is 2.00 bits per heavy atom. The molecule has 0 aliphatic carbocycles. The summed E-state index contributed by atoms with van der Waals surface area (Å²) in [6.07, 6.45) is -1.59. The Hall–Kier alpha value is -3.07. The van der Waals surface area contributed by atoms with Gasteiger partial charge in [0.05, 0.1) is 27.8 Å². The highest BCUT2D eigenvalue weighted by Gasteiger charge is 2.31. The molecule has 0 heterocycles. The predicted octanol–water partition coefficient (Wildman–Crippen LogP) is 5.71. The first-order chi connectivity index (χ1) is 13.6. The minimum Gasteiger partial charge on any atom is -0.487 e. The van der Waals surface area contributed by atoms with Crippen LogP contribution in [0, 0.1) is 10.1 Å². The molecule has 0 aliphatic heterocycles. The van der Waals surface area contributed by atoms with Crippen molar-refractivity contribution in [2.24, 2.45) is 0 Å². The van der Waals surface area contributed by atoms with E-state index in [1.807, 2.05) is 6.92 Å². The number of hydrogen-bond acceptors (Lipinski definition) is 4. The molecule has 1 amide bonds. The van der Waals surface area contributed by atoms with Gasteiger partial charge in [0.15, 0.2) is 5.75 Å². The van der Waals surface area contributed by atoms with Crippen LogP contribution in [0.15, 0.2) is 42.5 Å². The monoisotopic (exact) mass is 428 g/mol. The van der Waals surface area contributed by atoms with E-state index < -0.39 is 22.6 Å². The summed E-state index contributed by atoms with van der Waals surface area (Å²) < 4.78 is 43.7. The number of hydrogen-bond donors (Lipinski definition) is 1. The third kappa shape index (κ3) is 6.21. The van der Waals surface area contributed by atoms with Gasteiger partial charge in [0.25, 0.3) is 0 Å². The number of amides is 1. The number of anilines is 1. The zero-order valence-corrected chi connectivity index (χ0v) is 15.9. The van der Waals surface area contributed by atoms with Gasteiger partial charge >= 0.3 is 11.9 Å². The topological polar surface area (TPSA) is 81.5 Å². The molecule has 0 spiro atoms. The van der Waals surface area contributed by atoms with E-state index in [1.54, 1.807) is 0 Å². The molecule has 0 atom stereocenters. The molecule has 0 aromatic heterocycles. The lowest BCUT2D eigenvalue weighted by atomic mass is 10.1. The molecule has 10 heteroatoms. The lowest BCUT2D eigenvalue weighted by Gasteiger charge is -2.10. The fourth-order valence-corrected chi connectivity index (χ4v) is 2.42. The number of halogens is 4. The van der Waals surface area contributed by atoms with Crippen LogP contribution in [0.25, 0.3) is 6.08 Å². The predicted molar refractivity (Wildman–Crippen MR) is 103 cm³/mol. The summed E-state index contributed by atoms with van der Waals surface area (Å²) in [7, 11) is 0. The molecule has 0 saturated heterocycles. The second kappa shape index (κ2) is 9.42. The van der Waals surface area contributed by atoms with E-state index in [9.17, 15) is 28.1 Å². The summed E-state index contributed by atoms with van der Waals surface area (Å²) >= 11 is 5.83. The zero-order chi connectivity index (χ0) is 21.6. The Labute approximate surface area is 169 Å². The van der Waals surface area contributed by atoms with Crippen LogP contribution in [0.5, 0.6) is 5.75 Å². The summed E-state index contributed by atoms with van der Waals surface area (Å²) in [6, 6.07) is 6.70. The Bertz CT molecular complexity index is 946. The molecule has 0 bridgehead atoms. The molecular weight excluding hydrogens is 413 g/mol. The minimum absolute atomic E-state index is 0.0622. The van der Waals surface area contributed by atoms with Crippen LogP contribution < -0.4 is 10.1 Å². The number of ether oxygens (including phenoxy) is 1. The van der Waals surface area contributed by atoms with Crippen LogP contribution in [0.1, 0.15) is 24.5 Å². The van der Waals surface area contributed by atoms with E-state index in [-0.39, 0.29) is 22.1 Å². The van der Waals surface area contributed by atoms with Gasteiger partial charge < -0.3 is 10.1 Å². The van der Waals surface area contributed by atoms with Crippen molar-refractivity contribution >= 4 is 35.0 Å². The quantitative estimate of drug-likeness (QED) is 0.348. The SMILES string of the molecule is CCCOc1ccc(/C=C/C(=O)Nc2cc(C(F)(F)F)ccc2Cl)cc1[N+](=O)[O-]. The third-order valence-electron chi connectivity index (χ3n) is 3.62. The zero-order valence-electron chi connectivity index (χ0n) is 15.1. The normalized spacial score (nSPS) is 11.5. The largest absolute Gasteiger partial charge is 0.487 e. The highest BCUT2D eigenvalue weighted by molar-refractivity contribution is 6.33. The van der Waals surface area contributed by atoms with Crippen molar-refractivity contribution in [2.45, 2.75) is 19.5 Å². The molecular formula is C19H16ClF3N2O4. The van der Waals surface area contributed by atoms with Crippen molar-refractivity contribution in [1.82, 2.24) is 0 Å². The van der Waals surface area contributed by atoms with Gasteiger partial charge in [-0.25, -0.2) is 0 Å². The summed E-state index contributed by atoms with van der Waals surface area (Å²) in [5, 5.41) is 13.4. The molecule has 2 aromatic carbocycles. The summed E-state index contributed by atoms with van der Waals surface area (Å²) in [5.74, 6) is -0.644. The lowest BCUT2D eigenvalue weighted by molar-refractivity contribution is -0.385. The average Bonchev–Trinajstić information content (AvgIpc) is 2.65. The fourth-order valence-electron chi connectivity index (χ4n) is 2.26. The van der Waals surface area contributed by atoms with Crippen molar-refractivity contribution < 1.29 is 27.6 Å². The average molecular weight is 429 g/mol.